The summed E-state index contributed by atoms with van der Waals surface area (Å²) in [6, 6.07) is 0. The van der Waals surface area contributed by atoms with E-state index < -0.39 is 0 Å². The summed E-state index contributed by atoms with van der Waals surface area (Å²) < 4.78 is 0. The summed E-state index contributed by atoms with van der Waals surface area (Å²) in [5.74, 6) is 2.84. The van der Waals surface area contributed by atoms with Gasteiger partial charge in [-0.25, -0.2) is 0 Å². The summed E-state index contributed by atoms with van der Waals surface area (Å²) in [7, 11) is 0. The molecule has 0 aliphatic heterocycles. The van der Waals surface area contributed by atoms with Crippen LogP contribution in [-0.2, 0) is 0 Å². The highest BCUT2D eigenvalue weighted by molar-refractivity contribution is 4.74. The second-order valence-corrected chi connectivity index (χ2v) is 13.2. The van der Waals surface area contributed by atoms with Gasteiger partial charge in [-0.15, -0.1) is 0 Å². The van der Waals surface area contributed by atoms with Gasteiger partial charge in [0.1, 0.15) is 0 Å². The van der Waals surface area contributed by atoms with E-state index >= 15 is 0 Å². The lowest BCUT2D eigenvalue weighted by Gasteiger charge is -2.31. The number of hydrogen-bond donors (Lipinski definition) is 0. The molecule has 0 radical (unpaired) electrons. The molecule has 1 atom stereocenters. The minimum Gasteiger partial charge on any atom is -0.0654 e. The van der Waals surface area contributed by atoms with Crippen LogP contribution in [0.5, 0.6) is 0 Å². The average Bonchev–Trinajstić information content (AvgIpc) is 2.89. The van der Waals surface area contributed by atoms with Crippen LogP contribution in [0.25, 0.3) is 0 Å². The Labute approximate surface area is 238 Å². The quantitative estimate of drug-likeness (QED) is 0.0797. The van der Waals surface area contributed by atoms with Crippen molar-refractivity contribution >= 4 is 0 Å². The van der Waals surface area contributed by atoms with Gasteiger partial charge in [-0.2, -0.15) is 0 Å². The first-order chi connectivity index (χ1) is 18.2. The Balaban J connectivity index is 4.13. The van der Waals surface area contributed by atoms with Gasteiger partial charge >= 0.3 is 0 Å². The minimum absolute atomic E-state index is 0.868. The summed E-state index contributed by atoms with van der Waals surface area (Å²) in [6.45, 7) is 12.0. The predicted molar refractivity (Wildman–Crippen MR) is 173 cm³/mol. The summed E-state index contributed by atoms with van der Waals surface area (Å²) >= 11 is 0. The van der Waals surface area contributed by atoms with Crippen LogP contribution in [0, 0.1) is 17.8 Å². The lowest BCUT2D eigenvalue weighted by Crippen LogP contribution is -2.21. The van der Waals surface area contributed by atoms with E-state index in [1.165, 1.54) is 186 Å². The van der Waals surface area contributed by atoms with Gasteiger partial charge in [0, 0.05) is 0 Å². The van der Waals surface area contributed by atoms with Gasteiger partial charge in [0.15, 0.2) is 0 Å². The molecule has 0 aliphatic carbocycles. The zero-order chi connectivity index (χ0) is 27.2. The Hall–Kier alpha value is 0. The van der Waals surface area contributed by atoms with Crippen LogP contribution >= 0.6 is 0 Å². The van der Waals surface area contributed by atoms with Crippen LogP contribution < -0.4 is 0 Å². The van der Waals surface area contributed by atoms with Crippen LogP contribution in [0.4, 0.5) is 0 Å². The van der Waals surface area contributed by atoms with Crippen molar-refractivity contribution in [2.75, 3.05) is 0 Å². The summed E-state index contributed by atoms with van der Waals surface area (Å²) in [5, 5.41) is 0. The number of rotatable bonds is 31. The predicted octanol–water partition coefficient (Wildman–Crippen LogP) is 14.2. The van der Waals surface area contributed by atoms with Gasteiger partial charge < -0.3 is 0 Å². The van der Waals surface area contributed by atoms with E-state index in [0.29, 0.717) is 0 Å². The molecule has 0 nitrogen and oxygen atoms in total. The number of hydrogen-bond acceptors (Lipinski definition) is 0. The largest absolute Gasteiger partial charge is 0.0654 e. The number of unbranched alkanes of at least 4 members (excludes halogenated alkanes) is 23. The zero-order valence-corrected chi connectivity index (χ0v) is 27.2. The highest BCUT2D eigenvalue weighted by Crippen LogP contribution is 2.34. The van der Waals surface area contributed by atoms with E-state index in [1.807, 2.05) is 0 Å². The molecule has 224 valence electrons. The molecule has 0 heteroatoms. The van der Waals surface area contributed by atoms with Gasteiger partial charge in [-0.3, -0.25) is 0 Å². The highest BCUT2D eigenvalue weighted by Gasteiger charge is 2.23. The highest BCUT2D eigenvalue weighted by atomic mass is 14.3. The summed E-state index contributed by atoms with van der Waals surface area (Å²) in [4.78, 5) is 0. The third kappa shape index (κ3) is 26.0. The molecular formula is C37H76. The molecule has 0 rings (SSSR count). The average molecular weight is 521 g/mol. The smallest absolute Gasteiger partial charge is 0.0363 e. The van der Waals surface area contributed by atoms with Crippen molar-refractivity contribution in [2.24, 2.45) is 17.8 Å². The van der Waals surface area contributed by atoms with Crippen LogP contribution in [0.3, 0.4) is 0 Å². The molecule has 0 saturated carbocycles. The Morgan fingerprint density at radius 1 is 0.297 bits per heavy atom. The first-order valence-corrected chi connectivity index (χ1v) is 18.2. The molecule has 0 heterocycles. The third-order valence-corrected chi connectivity index (χ3v) is 9.21. The van der Waals surface area contributed by atoms with E-state index in [1.54, 1.807) is 0 Å². The Morgan fingerprint density at radius 3 is 0.811 bits per heavy atom. The lowest BCUT2D eigenvalue weighted by molar-refractivity contribution is 0.198. The molecule has 0 N–H and O–H groups in total. The second-order valence-electron chi connectivity index (χ2n) is 13.2. The fourth-order valence-electron chi connectivity index (χ4n) is 6.63. The topological polar surface area (TPSA) is 0 Å². The van der Waals surface area contributed by atoms with Crippen molar-refractivity contribution in [3.63, 3.8) is 0 Å². The Morgan fingerprint density at radius 2 is 0.541 bits per heavy atom. The molecule has 1 unspecified atom stereocenters. The van der Waals surface area contributed by atoms with Crippen LogP contribution in [-0.4, -0.2) is 0 Å². The molecule has 0 spiro atoms. The molecule has 0 saturated heterocycles. The molecule has 0 aromatic heterocycles. The van der Waals surface area contributed by atoms with Gasteiger partial charge in [-0.05, 0) is 24.2 Å². The van der Waals surface area contributed by atoms with Gasteiger partial charge in [-0.1, -0.05) is 214 Å². The van der Waals surface area contributed by atoms with Gasteiger partial charge in [0.25, 0.3) is 0 Å². The molecule has 0 bridgehead atoms. The van der Waals surface area contributed by atoms with Crippen LogP contribution in [0.1, 0.15) is 221 Å². The first kappa shape index (κ1) is 37.0. The van der Waals surface area contributed by atoms with Crippen molar-refractivity contribution in [1.29, 1.82) is 0 Å². The van der Waals surface area contributed by atoms with Crippen molar-refractivity contribution in [1.82, 2.24) is 0 Å². The summed E-state index contributed by atoms with van der Waals surface area (Å²) in [5.41, 5.74) is 0. The third-order valence-electron chi connectivity index (χ3n) is 9.21. The fourth-order valence-corrected chi connectivity index (χ4v) is 6.63. The van der Waals surface area contributed by atoms with Gasteiger partial charge in [0.05, 0.1) is 0 Å². The lowest BCUT2D eigenvalue weighted by atomic mass is 9.75. The van der Waals surface area contributed by atoms with Crippen molar-refractivity contribution in [2.45, 2.75) is 221 Å². The fraction of sp³-hybridized carbons (Fsp3) is 1.00. The van der Waals surface area contributed by atoms with Crippen molar-refractivity contribution in [3.8, 4) is 0 Å². The van der Waals surface area contributed by atoms with Gasteiger partial charge in [0.2, 0.25) is 0 Å². The maximum absolute atomic E-state index is 2.53. The van der Waals surface area contributed by atoms with Crippen LogP contribution in [0.15, 0.2) is 0 Å². The van der Waals surface area contributed by atoms with E-state index in [4.69, 9.17) is 0 Å². The molecule has 0 amide bonds. The normalized spacial score (nSPS) is 12.7. The first-order valence-electron chi connectivity index (χ1n) is 18.2. The van der Waals surface area contributed by atoms with E-state index in [-0.39, 0.29) is 0 Å². The molecule has 0 aromatic carbocycles. The molecule has 37 heavy (non-hydrogen) atoms. The minimum atomic E-state index is 0.868. The maximum atomic E-state index is 2.53. The maximum Gasteiger partial charge on any atom is -0.0363 e. The molecule has 0 aliphatic rings. The molecular weight excluding hydrogens is 444 g/mol. The molecule has 0 fully saturated rings. The van der Waals surface area contributed by atoms with E-state index in [0.717, 1.165) is 17.8 Å². The standard InChI is InChI=1S/C37H76/c1-6-9-12-15-18-19-20-21-22-23-24-25-28-31-34-37(35(4)5)36(32-29-26-16-13-10-7-2)33-30-27-17-14-11-8-3/h35-37H,6-34H2,1-5H3. The Kier molecular flexibility index (Phi) is 30.5. The monoisotopic (exact) mass is 521 g/mol. The Bertz CT molecular complexity index is 381. The SMILES string of the molecule is CCCCCCCCCCCCCCCCC(C(C)C)C(CCCCCCCC)CCCCCCCC. The second kappa shape index (κ2) is 30.5. The summed E-state index contributed by atoms with van der Waals surface area (Å²) in [6.07, 6.45) is 42.6. The van der Waals surface area contributed by atoms with E-state index in [9.17, 15) is 0 Å². The van der Waals surface area contributed by atoms with Crippen molar-refractivity contribution < 1.29 is 0 Å². The van der Waals surface area contributed by atoms with Crippen LogP contribution in [0.2, 0.25) is 0 Å². The zero-order valence-electron chi connectivity index (χ0n) is 27.2. The van der Waals surface area contributed by atoms with Crippen molar-refractivity contribution in [3.05, 3.63) is 0 Å². The van der Waals surface area contributed by atoms with E-state index in [2.05, 4.69) is 34.6 Å². The molecule has 0 aromatic rings.